The zero-order chi connectivity index (χ0) is 12.3. The summed E-state index contributed by atoms with van der Waals surface area (Å²) in [6.07, 6.45) is 2.12. The number of carbonyl (C=O) groups is 1. The van der Waals surface area contributed by atoms with Crippen molar-refractivity contribution in [2.45, 2.75) is 25.8 Å². The molecule has 2 rings (SSSR count). The van der Waals surface area contributed by atoms with E-state index in [2.05, 4.69) is 29.2 Å². The van der Waals surface area contributed by atoms with E-state index in [1.165, 1.54) is 5.69 Å². The first kappa shape index (κ1) is 12.0. The first-order valence-corrected chi connectivity index (χ1v) is 6.22. The maximum Gasteiger partial charge on any atom is 0.219 e. The second kappa shape index (κ2) is 5.21. The first-order valence-electron chi connectivity index (χ1n) is 6.22. The minimum atomic E-state index is 0.170. The summed E-state index contributed by atoms with van der Waals surface area (Å²) < 4.78 is 0. The van der Waals surface area contributed by atoms with Gasteiger partial charge in [0.05, 0.1) is 0 Å². The van der Waals surface area contributed by atoms with Crippen LogP contribution in [0.1, 0.15) is 19.8 Å². The summed E-state index contributed by atoms with van der Waals surface area (Å²) in [6, 6.07) is 10.9. The molecule has 1 amide bonds. The van der Waals surface area contributed by atoms with E-state index in [9.17, 15) is 4.79 Å². The average Bonchev–Trinajstić information content (AvgIpc) is 2.39. The lowest BCUT2D eigenvalue weighted by molar-refractivity contribution is -0.129. The number of anilines is 1. The summed E-state index contributed by atoms with van der Waals surface area (Å²) in [6.45, 7) is 3.71. The van der Waals surface area contributed by atoms with Gasteiger partial charge in [-0.2, -0.15) is 0 Å². The normalized spacial score (nSPS) is 16.9. The van der Waals surface area contributed by atoms with E-state index in [1.54, 1.807) is 6.92 Å². The first-order chi connectivity index (χ1) is 8.18. The van der Waals surface area contributed by atoms with E-state index in [0.717, 1.165) is 25.9 Å². The molecule has 0 N–H and O–H groups in total. The molecule has 0 bridgehead atoms. The van der Waals surface area contributed by atoms with Gasteiger partial charge in [0.25, 0.3) is 0 Å². The molecule has 0 aromatic heterocycles. The van der Waals surface area contributed by atoms with E-state index in [1.807, 2.05) is 18.0 Å². The van der Waals surface area contributed by atoms with Crippen molar-refractivity contribution in [2.24, 2.45) is 0 Å². The maximum atomic E-state index is 11.3. The van der Waals surface area contributed by atoms with Crippen LogP contribution >= 0.6 is 0 Å². The molecule has 0 aliphatic carbocycles. The summed E-state index contributed by atoms with van der Waals surface area (Å²) in [5, 5.41) is 0. The van der Waals surface area contributed by atoms with E-state index < -0.39 is 0 Å². The number of rotatable bonds is 2. The molecule has 3 heteroatoms. The van der Waals surface area contributed by atoms with Gasteiger partial charge in [0, 0.05) is 38.8 Å². The van der Waals surface area contributed by atoms with Crippen molar-refractivity contribution in [2.75, 3.05) is 25.0 Å². The molecule has 1 aliphatic heterocycles. The van der Waals surface area contributed by atoms with E-state index >= 15 is 0 Å². The van der Waals surface area contributed by atoms with Crippen LogP contribution in [0.15, 0.2) is 30.3 Å². The highest BCUT2D eigenvalue weighted by Gasteiger charge is 2.23. The van der Waals surface area contributed by atoms with Crippen molar-refractivity contribution in [1.82, 2.24) is 4.90 Å². The van der Waals surface area contributed by atoms with Crippen LogP contribution < -0.4 is 4.90 Å². The van der Waals surface area contributed by atoms with E-state index in [0.29, 0.717) is 6.04 Å². The van der Waals surface area contributed by atoms with Crippen LogP contribution in [-0.2, 0) is 4.79 Å². The fourth-order valence-electron chi connectivity index (χ4n) is 2.41. The van der Waals surface area contributed by atoms with Gasteiger partial charge in [0.1, 0.15) is 0 Å². The molecule has 1 saturated heterocycles. The lowest BCUT2D eigenvalue weighted by Crippen LogP contribution is -2.45. The highest BCUT2D eigenvalue weighted by Crippen LogP contribution is 2.21. The Bertz CT molecular complexity index is 369. The Morgan fingerprint density at radius 3 is 2.35 bits per heavy atom. The van der Waals surface area contributed by atoms with Gasteiger partial charge in [-0.05, 0) is 25.0 Å². The summed E-state index contributed by atoms with van der Waals surface area (Å²) in [4.78, 5) is 15.6. The Labute approximate surface area is 103 Å². The number of carbonyl (C=O) groups excluding carboxylic acids is 1. The van der Waals surface area contributed by atoms with Crippen molar-refractivity contribution in [1.29, 1.82) is 0 Å². The second-order valence-electron chi connectivity index (χ2n) is 4.68. The van der Waals surface area contributed by atoms with Crippen molar-refractivity contribution < 1.29 is 4.79 Å². The van der Waals surface area contributed by atoms with Gasteiger partial charge in [-0.1, -0.05) is 18.2 Å². The van der Waals surface area contributed by atoms with Gasteiger partial charge in [0.15, 0.2) is 0 Å². The smallest absolute Gasteiger partial charge is 0.219 e. The largest absolute Gasteiger partial charge is 0.371 e. The number of hydrogen-bond acceptors (Lipinski definition) is 2. The summed E-state index contributed by atoms with van der Waals surface area (Å²) >= 11 is 0. The molecule has 1 heterocycles. The third-order valence-corrected chi connectivity index (χ3v) is 3.63. The second-order valence-corrected chi connectivity index (χ2v) is 4.68. The van der Waals surface area contributed by atoms with Crippen LogP contribution in [0, 0.1) is 0 Å². The average molecular weight is 232 g/mol. The van der Waals surface area contributed by atoms with Gasteiger partial charge in [-0.25, -0.2) is 0 Å². The minimum Gasteiger partial charge on any atom is -0.371 e. The highest BCUT2D eigenvalue weighted by molar-refractivity contribution is 5.73. The van der Waals surface area contributed by atoms with Crippen LogP contribution in [-0.4, -0.2) is 37.0 Å². The van der Waals surface area contributed by atoms with Crippen LogP contribution in [0.25, 0.3) is 0 Å². The number of benzene rings is 1. The van der Waals surface area contributed by atoms with Crippen molar-refractivity contribution in [3.05, 3.63) is 30.3 Å². The molecular weight excluding hydrogens is 212 g/mol. The van der Waals surface area contributed by atoms with Crippen molar-refractivity contribution >= 4 is 11.6 Å². The minimum absolute atomic E-state index is 0.170. The maximum absolute atomic E-state index is 11.3. The highest BCUT2D eigenvalue weighted by atomic mass is 16.2. The standard InChI is InChI=1S/C14H20N2O/c1-12(17)15(2)13-8-10-16(11-9-13)14-6-4-3-5-7-14/h3-7,13H,8-11H2,1-2H3. The fourth-order valence-corrected chi connectivity index (χ4v) is 2.41. The number of hydrogen-bond donors (Lipinski definition) is 0. The summed E-state index contributed by atoms with van der Waals surface area (Å²) in [7, 11) is 1.91. The lowest BCUT2D eigenvalue weighted by Gasteiger charge is -2.37. The van der Waals surface area contributed by atoms with Crippen molar-refractivity contribution in [3.63, 3.8) is 0 Å². The quantitative estimate of drug-likeness (QED) is 0.780. The van der Waals surface area contributed by atoms with Crippen LogP contribution in [0.5, 0.6) is 0 Å². The predicted molar refractivity (Wildman–Crippen MR) is 70.1 cm³/mol. The summed E-state index contributed by atoms with van der Waals surface area (Å²) in [5.41, 5.74) is 1.29. The van der Waals surface area contributed by atoms with Gasteiger partial charge < -0.3 is 9.80 Å². The fraction of sp³-hybridized carbons (Fsp3) is 0.500. The number of nitrogens with zero attached hydrogens (tertiary/aromatic N) is 2. The van der Waals surface area contributed by atoms with E-state index in [4.69, 9.17) is 0 Å². The molecule has 0 saturated carbocycles. The Hall–Kier alpha value is -1.51. The van der Waals surface area contributed by atoms with Crippen LogP contribution in [0.3, 0.4) is 0 Å². The third kappa shape index (κ3) is 2.78. The Morgan fingerprint density at radius 2 is 1.82 bits per heavy atom. The third-order valence-electron chi connectivity index (χ3n) is 3.63. The number of amides is 1. The Kier molecular flexibility index (Phi) is 3.67. The molecule has 0 radical (unpaired) electrons. The number of piperidine rings is 1. The zero-order valence-electron chi connectivity index (χ0n) is 10.6. The Morgan fingerprint density at radius 1 is 1.24 bits per heavy atom. The molecule has 1 fully saturated rings. The summed E-state index contributed by atoms with van der Waals surface area (Å²) in [5.74, 6) is 0.170. The molecule has 92 valence electrons. The van der Waals surface area contributed by atoms with Crippen LogP contribution in [0.2, 0.25) is 0 Å². The van der Waals surface area contributed by atoms with Gasteiger partial charge in [-0.3, -0.25) is 4.79 Å². The monoisotopic (exact) mass is 232 g/mol. The van der Waals surface area contributed by atoms with Gasteiger partial charge in [-0.15, -0.1) is 0 Å². The molecular formula is C14H20N2O. The molecule has 1 aliphatic rings. The molecule has 0 atom stereocenters. The molecule has 1 aromatic rings. The number of para-hydroxylation sites is 1. The predicted octanol–water partition coefficient (Wildman–Crippen LogP) is 2.13. The molecule has 3 nitrogen and oxygen atoms in total. The molecule has 1 aromatic carbocycles. The SMILES string of the molecule is CC(=O)N(C)C1CCN(c2ccccc2)CC1. The van der Waals surface area contributed by atoms with Crippen molar-refractivity contribution in [3.8, 4) is 0 Å². The van der Waals surface area contributed by atoms with E-state index in [-0.39, 0.29) is 5.91 Å². The lowest BCUT2D eigenvalue weighted by atomic mass is 10.0. The van der Waals surface area contributed by atoms with Crippen LogP contribution in [0.4, 0.5) is 5.69 Å². The molecule has 0 unspecified atom stereocenters. The topological polar surface area (TPSA) is 23.6 Å². The molecule has 17 heavy (non-hydrogen) atoms. The molecule has 0 spiro atoms. The zero-order valence-corrected chi connectivity index (χ0v) is 10.6. The van der Waals surface area contributed by atoms with Gasteiger partial charge in [0.2, 0.25) is 5.91 Å². The van der Waals surface area contributed by atoms with Gasteiger partial charge >= 0.3 is 0 Å². The Balaban J connectivity index is 1.93.